The normalized spacial score (nSPS) is 28.2. The second-order valence-corrected chi connectivity index (χ2v) is 6.22. The average molecular weight is 253 g/mol. The van der Waals surface area contributed by atoms with Crippen molar-refractivity contribution in [1.82, 2.24) is 5.32 Å². The van der Waals surface area contributed by atoms with Crippen LogP contribution in [0.25, 0.3) is 0 Å². The summed E-state index contributed by atoms with van der Waals surface area (Å²) >= 11 is 0. The van der Waals surface area contributed by atoms with Crippen molar-refractivity contribution < 1.29 is 4.74 Å². The van der Waals surface area contributed by atoms with E-state index in [9.17, 15) is 0 Å². The van der Waals surface area contributed by atoms with Crippen molar-refractivity contribution in [2.45, 2.75) is 70.8 Å². The molecule has 0 amide bonds. The lowest BCUT2D eigenvalue weighted by atomic mass is 9.82. The standard InChI is InChI=1S/C16H31NO/c1-2-17-16(15-9-6-12-18-13-15)11-10-14-7-4-3-5-8-14/h14-17H,2-13H2,1H3. The Labute approximate surface area is 113 Å². The molecule has 1 N–H and O–H groups in total. The van der Waals surface area contributed by atoms with E-state index in [1.54, 1.807) is 0 Å². The van der Waals surface area contributed by atoms with Gasteiger partial charge in [-0.2, -0.15) is 0 Å². The summed E-state index contributed by atoms with van der Waals surface area (Å²) in [5, 5.41) is 3.71. The van der Waals surface area contributed by atoms with Crippen molar-refractivity contribution in [2.75, 3.05) is 19.8 Å². The molecular weight excluding hydrogens is 222 g/mol. The Morgan fingerprint density at radius 3 is 2.61 bits per heavy atom. The maximum atomic E-state index is 5.66. The van der Waals surface area contributed by atoms with E-state index in [1.165, 1.54) is 57.8 Å². The van der Waals surface area contributed by atoms with Gasteiger partial charge in [0.15, 0.2) is 0 Å². The molecule has 1 aliphatic heterocycles. The predicted octanol–water partition coefficient (Wildman–Crippen LogP) is 3.75. The molecule has 2 rings (SSSR count). The van der Waals surface area contributed by atoms with Crippen LogP contribution in [-0.2, 0) is 4.74 Å². The molecule has 1 heterocycles. The second-order valence-electron chi connectivity index (χ2n) is 6.22. The van der Waals surface area contributed by atoms with Gasteiger partial charge in [0.25, 0.3) is 0 Å². The summed E-state index contributed by atoms with van der Waals surface area (Å²) in [4.78, 5) is 0. The third-order valence-electron chi connectivity index (χ3n) is 4.84. The first-order valence-electron chi connectivity index (χ1n) is 8.21. The molecule has 2 heteroatoms. The van der Waals surface area contributed by atoms with Crippen molar-refractivity contribution in [1.29, 1.82) is 0 Å². The van der Waals surface area contributed by atoms with Crippen molar-refractivity contribution in [2.24, 2.45) is 11.8 Å². The lowest BCUT2D eigenvalue weighted by molar-refractivity contribution is 0.0369. The van der Waals surface area contributed by atoms with Crippen LogP contribution in [0.1, 0.15) is 64.7 Å². The van der Waals surface area contributed by atoms with E-state index in [0.29, 0.717) is 6.04 Å². The smallest absolute Gasteiger partial charge is 0.0509 e. The first-order chi connectivity index (χ1) is 8.90. The highest BCUT2D eigenvalue weighted by atomic mass is 16.5. The van der Waals surface area contributed by atoms with E-state index in [0.717, 1.165) is 31.6 Å². The lowest BCUT2D eigenvalue weighted by Gasteiger charge is -2.32. The van der Waals surface area contributed by atoms with Crippen LogP contribution in [0.3, 0.4) is 0 Å². The summed E-state index contributed by atoms with van der Waals surface area (Å²) in [7, 11) is 0. The number of ether oxygens (including phenoxy) is 1. The summed E-state index contributed by atoms with van der Waals surface area (Å²) in [6.45, 7) is 5.31. The Balaban J connectivity index is 1.73. The lowest BCUT2D eigenvalue weighted by Crippen LogP contribution is -2.40. The van der Waals surface area contributed by atoms with E-state index >= 15 is 0 Å². The molecule has 106 valence electrons. The number of rotatable bonds is 6. The zero-order valence-electron chi connectivity index (χ0n) is 12.1. The minimum absolute atomic E-state index is 0.706. The van der Waals surface area contributed by atoms with Gasteiger partial charge in [-0.15, -0.1) is 0 Å². The van der Waals surface area contributed by atoms with E-state index in [1.807, 2.05) is 0 Å². The van der Waals surface area contributed by atoms with Crippen molar-refractivity contribution >= 4 is 0 Å². The molecular formula is C16H31NO. The van der Waals surface area contributed by atoms with Gasteiger partial charge in [-0.25, -0.2) is 0 Å². The summed E-state index contributed by atoms with van der Waals surface area (Å²) < 4.78 is 5.66. The molecule has 2 aliphatic rings. The third kappa shape index (κ3) is 4.55. The quantitative estimate of drug-likeness (QED) is 0.778. The molecule has 0 aromatic rings. The molecule has 2 fully saturated rings. The van der Waals surface area contributed by atoms with Gasteiger partial charge in [-0.3, -0.25) is 0 Å². The van der Waals surface area contributed by atoms with Gasteiger partial charge in [0.05, 0.1) is 6.61 Å². The molecule has 0 aromatic carbocycles. The number of hydrogen-bond acceptors (Lipinski definition) is 2. The van der Waals surface area contributed by atoms with Gasteiger partial charge in [-0.05, 0) is 44.1 Å². The fraction of sp³-hybridized carbons (Fsp3) is 1.00. The molecule has 0 spiro atoms. The van der Waals surface area contributed by atoms with Crippen LogP contribution >= 0.6 is 0 Å². The fourth-order valence-corrected chi connectivity index (χ4v) is 3.74. The largest absolute Gasteiger partial charge is 0.381 e. The molecule has 1 aliphatic carbocycles. The van der Waals surface area contributed by atoms with Gasteiger partial charge in [0.1, 0.15) is 0 Å². The number of nitrogens with one attached hydrogen (secondary N) is 1. The fourth-order valence-electron chi connectivity index (χ4n) is 3.74. The zero-order valence-corrected chi connectivity index (χ0v) is 12.1. The van der Waals surface area contributed by atoms with Crippen molar-refractivity contribution in [3.05, 3.63) is 0 Å². The Morgan fingerprint density at radius 2 is 1.94 bits per heavy atom. The topological polar surface area (TPSA) is 21.3 Å². The highest BCUT2D eigenvalue weighted by molar-refractivity contribution is 4.79. The number of hydrogen-bond donors (Lipinski definition) is 1. The summed E-state index contributed by atoms with van der Waals surface area (Å²) in [6, 6.07) is 0.706. The minimum atomic E-state index is 0.706. The summed E-state index contributed by atoms with van der Waals surface area (Å²) in [5.41, 5.74) is 0. The van der Waals surface area contributed by atoms with E-state index in [4.69, 9.17) is 4.74 Å². The van der Waals surface area contributed by atoms with Gasteiger partial charge in [0, 0.05) is 12.6 Å². The Bertz CT molecular complexity index is 207. The molecule has 2 nitrogen and oxygen atoms in total. The first kappa shape index (κ1) is 14.3. The third-order valence-corrected chi connectivity index (χ3v) is 4.84. The predicted molar refractivity (Wildman–Crippen MR) is 76.8 cm³/mol. The van der Waals surface area contributed by atoms with Crippen LogP contribution in [0.2, 0.25) is 0 Å². The molecule has 18 heavy (non-hydrogen) atoms. The minimum Gasteiger partial charge on any atom is -0.381 e. The Kier molecular flexibility index (Phi) is 6.50. The highest BCUT2D eigenvalue weighted by Gasteiger charge is 2.24. The molecule has 0 radical (unpaired) electrons. The van der Waals surface area contributed by atoms with Crippen molar-refractivity contribution in [3.63, 3.8) is 0 Å². The van der Waals surface area contributed by atoms with Gasteiger partial charge in [0.2, 0.25) is 0 Å². The molecule has 0 aromatic heterocycles. The van der Waals surface area contributed by atoms with Crippen LogP contribution in [-0.4, -0.2) is 25.8 Å². The van der Waals surface area contributed by atoms with Crippen LogP contribution in [0.5, 0.6) is 0 Å². The monoisotopic (exact) mass is 253 g/mol. The SMILES string of the molecule is CCNC(CCC1CCCCC1)C1CCCOC1. The summed E-state index contributed by atoms with van der Waals surface area (Å²) in [5.74, 6) is 1.78. The second kappa shape index (κ2) is 8.16. The van der Waals surface area contributed by atoms with Gasteiger partial charge in [-0.1, -0.05) is 39.0 Å². The zero-order chi connectivity index (χ0) is 12.6. The Morgan fingerprint density at radius 1 is 1.11 bits per heavy atom. The van der Waals surface area contributed by atoms with Gasteiger partial charge >= 0.3 is 0 Å². The molecule has 1 saturated heterocycles. The van der Waals surface area contributed by atoms with E-state index < -0.39 is 0 Å². The van der Waals surface area contributed by atoms with Gasteiger partial charge < -0.3 is 10.1 Å². The van der Waals surface area contributed by atoms with Crippen LogP contribution in [0, 0.1) is 11.8 Å². The Hall–Kier alpha value is -0.0800. The molecule has 0 bridgehead atoms. The van der Waals surface area contributed by atoms with Crippen LogP contribution in [0.4, 0.5) is 0 Å². The highest BCUT2D eigenvalue weighted by Crippen LogP contribution is 2.29. The molecule has 2 atom stereocenters. The van der Waals surface area contributed by atoms with Crippen molar-refractivity contribution in [3.8, 4) is 0 Å². The maximum absolute atomic E-state index is 5.66. The van der Waals surface area contributed by atoms with Crippen LogP contribution < -0.4 is 5.32 Å². The average Bonchev–Trinajstić information content (AvgIpc) is 2.45. The molecule has 2 unspecified atom stereocenters. The van der Waals surface area contributed by atoms with E-state index in [2.05, 4.69) is 12.2 Å². The summed E-state index contributed by atoms with van der Waals surface area (Å²) in [6.07, 6.45) is 12.8. The first-order valence-corrected chi connectivity index (χ1v) is 8.21. The van der Waals surface area contributed by atoms with Crippen LogP contribution in [0.15, 0.2) is 0 Å². The van der Waals surface area contributed by atoms with E-state index in [-0.39, 0.29) is 0 Å². The molecule has 1 saturated carbocycles. The maximum Gasteiger partial charge on any atom is 0.0509 e.